The second kappa shape index (κ2) is 12.9. The number of pyridine rings is 1. The number of hydrogen-bond acceptors (Lipinski definition) is 6. The normalized spacial score (nSPS) is 17.1. The molecule has 9 heteroatoms. The van der Waals surface area contributed by atoms with Crippen LogP contribution in [0.4, 0.5) is 5.82 Å². The Balaban J connectivity index is 0.00000370. The van der Waals surface area contributed by atoms with Crippen molar-refractivity contribution in [2.75, 3.05) is 44.2 Å². The van der Waals surface area contributed by atoms with E-state index in [0.29, 0.717) is 28.7 Å². The number of carbonyl (C=O) groups is 1. The quantitative estimate of drug-likeness (QED) is 0.390. The molecule has 2 aromatic carbocycles. The Morgan fingerprint density at radius 1 is 1.03 bits per heavy atom. The summed E-state index contributed by atoms with van der Waals surface area (Å²) in [5, 5.41) is 12.4. The number of nitrogens with one attached hydrogen (secondary N) is 1. The van der Waals surface area contributed by atoms with Gasteiger partial charge in [-0.15, -0.1) is 0 Å². The fourth-order valence-corrected chi connectivity index (χ4v) is 5.91. The summed E-state index contributed by atoms with van der Waals surface area (Å²) in [5.41, 5.74) is 3.46. The Kier molecular flexibility index (Phi) is 9.15. The van der Waals surface area contributed by atoms with Gasteiger partial charge >= 0.3 is 0 Å². The molecule has 7 nitrogen and oxygen atoms in total. The van der Waals surface area contributed by atoms with Crippen LogP contribution in [0.5, 0.6) is 0 Å². The summed E-state index contributed by atoms with van der Waals surface area (Å²) >= 11 is 10.0. The third kappa shape index (κ3) is 7.17. The lowest BCUT2D eigenvalue weighted by Crippen LogP contribution is -2.53. The van der Waals surface area contributed by atoms with Crippen LogP contribution in [-0.4, -0.2) is 66.0 Å². The number of carbonyl (C=O) groups excluding carboxylic acids is 1. The SMILES string of the molecule is N#Cc1ccc(CN2CCC(N3CCN(c4ncc(C(=O)NCc5ccc(Br)cc5)cc4Cl)CC3)CC2)cc1.[HH]. The zero-order valence-electron chi connectivity index (χ0n) is 21.8. The molecule has 39 heavy (non-hydrogen) atoms. The van der Waals surface area contributed by atoms with E-state index in [-0.39, 0.29) is 7.33 Å². The van der Waals surface area contributed by atoms with Crippen molar-refractivity contribution in [3.8, 4) is 6.07 Å². The topological polar surface area (TPSA) is 75.5 Å². The van der Waals surface area contributed by atoms with E-state index in [9.17, 15) is 4.79 Å². The van der Waals surface area contributed by atoms with E-state index < -0.39 is 0 Å². The largest absolute Gasteiger partial charge is 0.353 e. The van der Waals surface area contributed by atoms with Gasteiger partial charge in [0.1, 0.15) is 5.82 Å². The zero-order valence-corrected chi connectivity index (χ0v) is 24.2. The molecule has 0 bridgehead atoms. The van der Waals surface area contributed by atoms with Gasteiger partial charge in [-0.1, -0.05) is 51.8 Å². The summed E-state index contributed by atoms with van der Waals surface area (Å²) in [6.45, 7) is 7.26. The molecule has 2 aliphatic rings. The number of anilines is 1. The second-order valence-electron chi connectivity index (χ2n) is 10.2. The fourth-order valence-electron chi connectivity index (χ4n) is 5.36. The average molecular weight is 610 g/mol. The van der Waals surface area contributed by atoms with Crippen LogP contribution in [0.1, 0.15) is 41.3 Å². The Hall–Kier alpha value is -2.96. The van der Waals surface area contributed by atoms with Crippen molar-refractivity contribution in [3.05, 3.63) is 92.5 Å². The van der Waals surface area contributed by atoms with Crippen LogP contribution in [0.15, 0.2) is 65.3 Å². The van der Waals surface area contributed by atoms with Gasteiger partial charge in [0.2, 0.25) is 0 Å². The number of likely N-dealkylation sites (tertiary alicyclic amines) is 1. The zero-order chi connectivity index (χ0) is 27.2. The lowest BCUT2D eigenvalue weighted by atomic mass is 10.0. The minimum Gasteiger partial charge on any atom is -0.353 e. The molecular formula is C30H34BrClN6O. The number of aromatic nitrogens is 1. The van der Waals surface area contributed by atoms with E-state index in [1.54, 1.807) is 12.3 Å². The first-order valence-corrected chi connectivity index (χ1v) is 14.5. The van der Waals surface area contributed by atoms with Gasteiger partial charge in [-0.05, 0) is 67.4 Å². The van der Waals surface area contributed by atoms with Crippen LogP contribution in [0.3, 0.4) is 0 Å². The van der Waals surface area contributed by atoms with Gasteiger partial charge in [0.25, 0.3) is 5.91 Å². The van der Waals surface area contributed by atoms with E-state index in [1.165, 1.54) is 18.4 Å². The summed E-state index contributed by atoms with van der Waals surface area (Å²) in [6, 6.07) is 20.3. The summed E-state index contributed by atoms with van der Waals surface area (Å²) in [7, 11) is 0. The highest BCUT2D eigenvalue weighted by Gasteiger charge is 2.28. The molecule has 5 rings (SSSR count). The third-order valence-corrected chi connectivity index (χ3v) is 8.43. The second-order valence-corrected chi connectivity index (χ2v) is 11.5. The predicted molar refractivity (Wildman–Crippen MR) is 160 cm³/mol. The monoisotopic (exact) mass is 608 g/mol. The molecule has 1 amide bonds. The minimum absolute atomic E-state index is 0. The molecule has 2 aliphatic heterocycles. The van der Waals surface area contributed by atoms with Crippen LogP contribution in [-0.2, 0) is 13.1 Å². The van der Waals surface area contributed by atoms with Crippen LogP contribution in [0.2, 0.25) is 5.02 Å². The molecule has 0 unspecified atom stereocenters. The number of nitrogens with zero attached hydrogens (tertiary/aromatic N) is 5. The Morgan fingerprint density at radius 3 is 2.33 bits per heavy atom. The Morgan fingerprint density at radius 2 is 1.69 bits per heavy atom. The molecule has 1 N–H and O–H groups in total. The highest BCUT2D eigenvalue weighted by Crippen LogP contribution is 2.27. The first kappa shape index (κ1) is 27.6. The van der Waals surface area contributed by atoms with Gasteiger partial charge < -0.3 is 10.2 Å². The molecule has 204 valence electrons. The van der Waals surface area contributed by atoms with Crippen molar-refractivity contribution in [2.24, 2.45) is 0 Å². The maximum atomic E-state index is 12.6. The number of hydrogen-bond donors (Lipinski definition) is 1. The molecule has 0 radical (unpaired) electrons. The van der Waals surface area contributed by atoms with Crippen LogP contribution in [0.25, 0.3) is 0 Å². The van der Waals surface area contributed by atoms with Gasteiger partial charge in [0.05, 0.1) is 22.2 Å². The van der Waals surface area contributed by atoms with Gasteiger partial charge in [0.15, 0.2) is 0 Å². The van der Waals surface area contributed by atoms with E-state index >= 15 is 0 Å². The fraction of sp³-hybridized carbons (Fsp3) is 0.367. The van der Waals surface area contributed by atoms with Gasteiger partial charge in [-0.2, -0.15) is 5.26 Å². The van der Waals surface area contributed by atoms with E-state index in [4.69, 9.17) is 16.9 Å². The van der Waals surface area contributed by atoms with Crippen molar-refractivity contribution >= 4 is 39.3 Å². The Labute approximate surface area is 245 Å². The number of nitriles is 1. The molecule has 0 aliphatic carbocycles. The highest BCUT2D eigenvalue weighted by molar-refractivity contribution is 9.10. The standard InChI is InChI=1S/C30H32BrClN6O.H2/c31-26-7-5-23(6-8-26)19-35-30(39)25-17-28(32)29(34-20-25)38-15-13-37(14-16-38)27-9-11-36(12-10-27)21-24-3-1-22(18-33)2-4-24;/h1-8,17,20,27H,9-16,19,21H2,(H,35,39);1H. The number of benzene rings is 2. The average Bonchev–Trinajstić information content (AvgIpc) is 2.97. The third-order valence-electron chi connectivity index (χ3n) is 7.63. The lowest BCUT2D eigenvalue weighted by molar-refractivity contribution is 0.0950. The van der Waals surface area contributed by atoms with Crippen molar-refractivity contribution in [1.82, 2.24) is 20.1 Å². The van der Waals surface area contributed by atoms with Crippen LogP contribution in [0, 0.1) is 11.3 Å². The number of rotatable bonds is 7. The molecule has 3 aromatic rings. The summed E-state index contributed by atoms with van der Waals surface area (Å²) < 4.78 is 1.01. The molecule has 3 heterocycles. The number of halogens is 2. The number of piperidine rings is 1. The molecular weight excluding hydrogens is 576 g/mol. The van der Waals surface area contributed by atoms with E-state index in [2.05, 4.69) is 59.1 Å². The molecule has 2 fully saturated rings. The van der Waals surface area contributed by atoms with Gasteiger partial charge in [0, 0.05) is 57.4 Å². The molecule has 2 saturated heterocycles. The number of piperazine rings is 1. The summed E-state index contributed by atoms with van der Waals surface area (Å²) in [6.07, 6.45) is 3.95. The maximum Gasteiger partial charge on any atom is 0.253 e. The molecule has 0 atom stereocenters. The van der Waals surface area contributed by atoms with Crippen molar-refractivity contribution < 1.29 is 6.22 Å². The van der Waals surface area contributed by atoms with Crippen molar-refractivity contribution in [2.45, 2.75) is 32.0 Å². The Bertz CT molecular complexity index is 1320. The van der Waals surface area contributed by atoms with Crippen LogP contribution < -0.4 is 10.2 Å². The van der Waals surface area contributed by atoms with E-state index in [1.807, 2.05) is 36.4 Å². The highest BCUT2D eigenvalue weighted by atomic mass is 79.9. The van der Waals surface area contributed by atoms with Crippen LogP contribution >= 0.6 is 27.5 Å². The maximum absolute atomic E-state index is 12.6. The summed E-state index contributed by atoms with van der Waals surface area (Å²) in [4.78, 5) is 24.5. The van der Waals surface area contributed by atoms with Crippen molar-refractivity contribution in [1.29, 1.82) is 5.26 Å². The lowest BCUT2D eigenvalue weighted by Gasteiger charge is -2.43. The first-order valence-electron chi connectivity index (χ1n) is 13.4. The smallest absolute Gasteiger partial charge is 0.253 e. The predicted octanol–water partition coefficient (Wildman–Crippen LogP) is 5.33. The van der Waals surface area contributed by atoms with Crippen molar-refractivity contribution in [3.63, 3.8) is 0 Å². The minimum atomic E-state index is -0.186. The van der Waals surface area contributed by atoms with E-state index in [0.717, 1.165) is 61.7 Å². The molecule has 1 aromatic heterocycles. The van der Waals surface area contributed by atoms with Gasteiger partial charge in [-0.25, -0.2) is 4.98 Å². The first-order chi connectivity index (χ1) is 19.0. The molecule has 0 saturated carbocycles. The summed E-state index contributed by atoms with van der Waals surface area (Å²) in [5.74, 6) is 0.562. The molecule has 0 spiro atoms. The number of amides is 1. The van der Waals surface area contributed by atoms with Gasteiger partial charge in [-0.3, -0.25) is 14.6 Å².